The molecule has 1 unspecified atom stereocenters. The molecule has 11 heteroatoms. The molecule has 4 heterocycles. The maximum Gasteiger partial charge on any atom is 0.270 e. The van der Waals surface area contributed by atoms with Crippen LogP contribution in [0.5, 0.6) is 11.6 Å². The van der Waals surface area contributed by atoms with E-state index < -0.39 is 17.9 Å². The molecule has 3 amide bonds. The Morgan fingerprint density at radius 1 is 0.836 bits per heavy atom. The van der Waals surface area contributed by atoms with Crippen molar-refractivity contribution < 1.29 is 24.2 Å². The van der Waals surface area contributed by atoms with Crippen LogP contribution in [-0.4, -0.2) is 91.7 Å². The van der Waals surface area contributed by atoms with E-state index in [0.29, 0.717) is 23.5 Å². The quantitative estimate of drug-likeness (QED) is 0.198. The van der Waals surface area contributed by atoms with E-state index in [-0.39, 0.29) is 30.4 Å². The summed E-state index contributed by atoms with van der Waals surface area (Å²) in [6, 6.07) is 28.9. The lowest BCUT2D eigenvalue weighted by Crippen LogP contribution is -2.52. The largest absolute Gasteiger partial charge is 0.508 e. The van der Waals surface area contributed by atoms with Crippen LogP contribution >= 0.6 is 0 Å². The number of hydrogen-bond donors (Lipinski definition) is 3. The maximum absolute atomic E-state index is 12.9. The van der Waals surface area contributed by atoms with Gasteiger partial charge in [0.15, 0.2) is 0 Å². The molecule has 0 bridgehead atoms. The Balaban J connectivity index is 0.836. The molecule has 0 spiro atoms. The van der Waals surface area contributed by atoms with Crippen LogP contribution in [0.4, 0.5) is 11.4 Å². The number of aromatic hydroxyl groups is 1. The minimum Gasteiger partial charge on any atom is -0.508 e. The highest BCUT2D eigenvalue weighted by Crippen LogP contribution is 2.47. The molecule has 0 saturated carbocycles. The van der Waals surface area contributed by atoms with Gasteiger partial charge in [-0.3, -0.25) is 24.6 Å². The van der Waals surface area contributed by atoms with Gasteiger partial charge in [0.2, 0.25) is 17.7 Å². The van der Waals surface area contributed by atoms with Crippen molar-refractivity contribution in [1.82, 2.24) is 20.5 Å². The summed E-state index contributed by atoms with van der Waals surface area (Å²) in [6.07, 6.45) is 4.82. The van der Waals surface area contributed by atoms with Crippen molar-refractivity contribution in [1.29, 1.82) is 0 Å². The first-order valence-electron chi connectivity index (χ1n) is 19.7. The average Bonchev–Trinajstić information content (AvgIpc) is 3.22. The van der Waals surface area contributed by atoms with E-state index in [1.54, 1.807) is 13.2 Å². The Labute approximate surface area is 322 Å². The zero-order valence-electron chi connectivity index (χ0n) is 31.5. The lowest BCUT2D eigenvalue weighted by molar-refractivity contribution is -0.134. The Bertz CT molecular complexity index is 2010. The van der Waals surface area contributed by atoms with Gasteiger partial charge in [-0.25, -0.2) is 4.98 Å². The number of piperazine rings is 1. The topological polar surface area (TPSA) is 127 Å². The lowest BCUT2D eigenvalue weighted by atomic mass is 9.69. The molecule has 3 aromatic carbocycles. The molecule has 3 atom stereocenters. The van der Waals surface area contributed by atoms with Gasteiger partial charge in [0, 0.05) is 63.8 Å². The van der Waals surface area contributed by atoms with Gasteiger partial charge < -0.3 is 25.0 Å². The Hall–Kier alpha value is -5.42. The highest BCUT2D eigenvalue weighted by molar-refractivity contribution is 6.03. The van der Waals surface area contributed by atoms with Gasteiger partial charge in [-0.1, -0.05) is 48.5 Å². The van der Waals surface area contributed by atoms with Crippen molar-refractivity contribution in [2.75, 3.05) is 62.7 Å². The molecule has 8 rings (SSSR count). The number of anilines is 2. The van der Waals surface area contributed by atoms with E-state index in [0.717, 1.165) is 77.2 Å². The number of phenolic OH excluding ortho intramolecular Hbond substituents is 1. The normalized spacial score (nSPS) is 22.2. The third-order valence-corrected chi connectivity index (χ3v) is 12.1. The fourth-order valence-electron chi connectivity index (χ4n) is 9.09. The molecular formula is C44H50N6O5. The molecule has 286 valence electrons. The van der Waals surface area contributed by atoms with E-state index in [2.05, 4.69) is 91.0 Å². The number of carbonyl (C=O) groups excluding carboxylic acids is 3. The Morgan fingerprint density at radius 3 is 2.33 bits per heavy atom. The second-order valence-electron chi connectivity index (χ2n) is 15.4. The molecular weight excluding hydrogens is 693 g/mol. The second kappa shape index (κ2) is 16.1. The average molecular weight is 743 g/mol. The zero-order chi connectivity index (χ0) is 37.9. The van der Waals surface area contributed by atoms with Crippen LogP contribution in [0, 0.1) is 5.92 Å². The molecule has 3 fully saturated rings. The van der Waals surface area contributed by atoms with Gasteiger partial charge in [0.1, 0.15) is 17.5 Å². The summed E-state index contributed by atoms with van der Waals surface area (Å²) < 4.78 is 5.60. The fourth-order valence-corrected chi connectivity index (χ4v) is 9.09. The summed E-state index contributed by atoms with van der Waals surface area (Å²) in [5, 5.41) is 15.2. The van der Waals surface area contributed by atoms with Crippen molar-refractivity contribution in [3.05, 3.63) is 113 Å². The van der Waals surface area contributed by atoms with E-state index >= 15 is 0 Å². The number of carbonyl (C=O) groups is 3. The number of pyridine rings is 1. The predicted molar refractivity (Wildman–Crippen MR) is 212 cm³/mol. The van der Waals surface area contributed by atoms with Crippen LogP contribution in [-0.2, 0) is 16.0 Å². The molecule has 1 aromatic heterocycles. The van der Waals surface area contributed by atoms with E-state index in [1.165, 1.54) is 27.9 Å². The number of nitrogens with zero attached hydrogens (tertiary/aromatic N) is 4. The number of ether oxygens (including phenoxy) is 1. The summed E-state index contributed by atoms with van der Waals surface area (Å²) in [6.45, 7) is 6.74. The fraction of sp³-hybridized carbons (Fsp3) is 0.409. The number of aryl methyl sites for hydroxylation is 1. The molecule has 4 aromatic rings. The summed E-state index contributed by atoms with van der Waals surface area (Å²) >= 11 is 0. The standard InChI is InChI=1S/C44H50N6O5/c1-55-44-39(17-15-38(46-44)42(53)45-37-16-18-40(52)47-43(37)54)50-25-23-48(24-26-50)28-29-19-21-49(22-20-29)33-10-7-31(8-11-33)41-35(30-5-3-2-4-6-30)13-9-32-27-34(51)12-14-36(32)41/h2-8,10-12,14-15,17,27,29,35,37,41,51H,9,13,16,18-26,28H2,1H3,(H,45,53)(H,47,52,54)/t35-,37?,41+/m1/s1. The highest BCUT2D eigenvalue weighted by Gasteiger charge is 2.33. The third kappa shape index (κ3) is 8.03. The highest BCUT2D eigenvalue weighted by atomic mass is 16.5. The van der Waals surface area contributed by atoms with E-state index in [9.17, 15) is 19.5 Å². The van der Waals surface area contributed by atoms with Crippen molar-refractivity contribution >= 4 is 29.1 Å². The number of fused-ring (bicyclic) bond motifs is 1. The molecule has 11 nitrogen and oxygen atoms in total. The van der Waals surface area contributed by atoms with Gasteiger partial charge in [0.05, 0.1) is 12.8 Å². The predicted octanol–water partition coefficient (Wildman–Crippen LogP) is 5.23. The number of benzene rings is 3. The van der Waals surface area contributed by atoms with Crippen molar-refractivity contribution in [3.8, 4) is 11.6 Å². The first-order valence-corrected chi connectivity index (χ1v) is 19.7. The number of amides is 3. The van der Waals surface area contributed by atoms with Crippen LogP contribution in [0.1, 0.15) is 76.7 Å². The Morgan fingerprint density at radius 2 is 1.60 bits per heavy atom. The number of hydrogen-bond acceptors (Lipinski definition) is 9. The van der Waals surface area contributed by atoms with Crippen molar-refractivity contribution in [3.63, 3.8) is 0 Å². The summed E-state index contributed by atoms with van der Waals surface area (Å²) in [4.78, 5) is 48.3. The molecule has 0 radical (unpaired) electrons. The number of methoxy groups -OCH3 is 1. The molecule has 3 N–H and O–H groups in total. The van der Waals surface area contributed by atoms with Gasteiger partial charge in [-0.15, -0.1) is 0 Å². The van der Waals surface area contributed by atoms with Crippen LogP contribution in [0.2, 0.25) is 0 Å². The summed E-state index contributed by atoms with van der Waals surface area (Å²) in [5.41, 5.74) is 7.59. The minimum atomic E-state index is -0.762. The second-order valence-corrected chi connectivity index (χ2v) is 15.4. The SMILES string of the molecule is COc1nc(C(=O)NC2CCC(=O)NC2=O)ccc1N1CCN(CC2CCN(c3ccc([C@@H]4c5ccc(O)cc5CC[C@@H]4c4ccccc4)cc3)CC2)CC1. The van der Waals surface area contributed by atoms with Gasteiger partial charge in [-0.2, -0.15) is 0 Å². The molecule has 3 saturated heterocycles. The number of aromatic nitrogens is 1. The number of imide groups is 1. The molecule has 3 aliphatic heterocycles. The van der Waals surface area contributed by atoms with Crippen LogP contribution in [0.3, 0.4) is 0 Å². The van der Waals surface area contributed by atoms with E-state index in [4.69, 9.17) is 4.74 Å². The third-order valence-electron chi connectivity index (χ3n) is 12.1. The number of nitrogens with one attached hydrogen (secondary N) is 2. The van der Waals surface area contributed by atoms with Crippen LogP contribution in [0.25, 0.3) is 0 Å². The number of rotatable bonds is 9. The van der Waals surface area contributed by atoms with Gasteiger partial charge in [-0.05, 0) is 103 Å². The monoisotopic (exact) mass is 742 g/mol. The maximum atomic E-state index is 12.9. The van der Waals surface area contributed by atoms with Crippen LogP contribution < -0.4 is 25.2 Å². The van der Waals surface area contributed by atoms with Gasteiger partial charge in [0.25, 0.3) is 5.91 Å². The van der Waals surface area contributed by atoms with Crippen molar-refractivity contribution in [2.45, 2.75) is 56.4 Å². The molecule has 55 heavy (non-hydrogen) atoms. The summed E-state index contributed by atoms with van der Waals surface area (Å²) in [5.74, 6) is 0.728. The smallest absolute Gasteiger partial charge is 0.270 e. The van der Waals surface area contributed by atoms with E-state index in [1.807, 2.05) is 18.2 Å². The zero-order valence-corrected chi connectivity index (χ0v) is 31.5. The first-order chi connectivity index (χ1) is 26.8. The van der Waals surface area contributed by atoms with Gasteiger partial charge >= 0.3 is 0 Å². The molecule has 1 aliphatic carbocycles. The first kappa shape index (κ1) is 36.6. The van der Waals surface area contributed by atoms with Crippen LogP contribution in [0.15, 0.2) is 84.9 Å². The van der Waals surface area contributed by atoms with Crippen molar-refractivity contribution in [2.24, 2.45) is 5.92 Å². The minimum absolute atomic E-state index is 0.166. The molecule has 4 aliphatic rings. The number of piperidine rings is 2. The lowest BCUT2D eigenvalue weighted by Gasteiger charge is -2.40. The number of phenols is 1. The summed E-state index contributed by atoms with van der Waals surface area (Å²) in [7, 11) is 1.55. The Kier molecular flexibility index (Phi) is 10.7.